The zero-order valence-electron chi connectivity index (χ0n) is 21.7. The van der Waals surface area contributed by atoms with Gasteiger partial charge in [-0.1, -0.05) is 18.5 Å². The number of carbonyl (C=O) groups excluding carboxylic acids is 1. The molecule has 2 aliphatic heterocycles. The highest BCUT2D eigenvalue weighted by Gasteiger charge is 2.38. The van der Waals surface area contributed by atoms with Crippen molar-refractivity contribution in [1.82, 2.24) is 15.1 Å². The number of likely N-dealkylation sites (N-methyl/N-ethyl adjacent to an activating group) is 1. The molecule has 2 aromatic carbocycles. The second kappa shape index (κ2) is 13.5. The molecule has 0 spiro atoms. The Morgan fingerprint density at radius 3 is 2.10 bits per heavy atom. The zero-order chi connectivity index (χ0) is 29.5. The number of nitrogens with zero attached hydrogens (tertiary/aromatic N) is 3. The van der Waals surface area contributed by atoms with E-state index in [4.69, 9.17) is 21.5 Å². The smallest absolute Gasteiger partial charge is 0.475 e. The number of anilines is 2. The Morgan fingerprint density at radius 2 is 1.57 bits per heavy atom. The molecule has 0 aliphatic carbocycles. The summed E-state index contributed by atoms with van der Waals surface area (Å²) in [5, 5.41) is 10.9. The van der Waals surface area contributed by atoms with Crippen molar-refractivity contribution in [3.63, 3.8) is 0 Å². The van der Waals surface area contributed by atoms with Crippen molar-refractivity contribution in [1.29, 1.82) is 0 Å². The number of carboxylic acids is 1. The number of rotatable bonds is 6. The van der Waals surface area contributed by atoms with E-state index in [2.05, 4.69) is 26.8 Å². The van der Waals surface area contributed by atoms with Crippen LogP contribution in [0.25, 0.3) is 0 Å². The van der Waals surface area contributed by atoms with Gasteiger partial charge in [0, 0.05) is 62.9 Å². The molecule has 0 saturated carbocycles. The maximum absolute atomic E-state index is 13.2. The van der Waals surface area contributed by atoms with Crippen LogP contribution in [0.2, 0.25) is 5.02 Å². The lowest BCUT2D eigenvalue weighted by Crippen LogP contribution is -2.48. The first-order valence-corrected chi connectivity index (χ1v) is 14.4. The van der Waals surface area contributed by atoms with Crippen LogP contribution in [0.3, 0.4) is 0 Å². The minimum atomic E-state index is -5.08. The fourth-order valence-corrected chi connectivity index (χ4v) is 5.39. The summed E-state index contributed by atoms with van der Waals surface area (Å²) in [4.78, 5) is 28.5. The van der Waals surface area contributed by atoms with E-state index in [1.807, 2.05) is 11.0 Å². The molecule has 40 heavy (non-hydrogen) atoms. The summed E-state index contributed by atoms with van der Waals surface area (Å²) in [7, 11) is -3.85. The number of hydrogen-bond donors (Lipinski definition) is 3. The van der Waals surface area contributed by atoms with Crippen molar-refractivity contribution in [3.8, 4) is 0 Å². The molecule has 2 fully saturated rings. The Hall–Kier alpha value is -3.07. The molecule has 4 rings (SSSR count). The molecule has 0 bridgehead atoms. The number of nitrogens with one attached hydrogen (secondary N) is 2. The first-order valence-electron chi connectivity index (χ1n) is 12.5. The third-order valence-electron chi connectivity index (χ3n) is 6.42. The SMILES string of the molecule is CCN1CCN(C(=O)c2ccc(N3CCNCC3)c(NS(=O)(=O)c3ccc(Cl)cc3)c2)CC1.O=C(O)C(F)(F)F. The Morgan fingerprint density at radius 1 is 1.00 bits per heavy atom. The number of aliphatic carboxylic acids is 1. The molecule has 3 N–H and O–H groups in total. The Balaban J connectivity index is 0.000000559. The molecular formula is C25H31ClF3N5O5S. The van der Waals surface area contributed by atoms with E-state index in [1.54, 1.807) is 24.3 Å². The van der Waals surface area contributed by atoms with Gasteiger partial charge in [0.25, 0.3) is 15.9 Å². The number of alkyl halides is 3. The van der Waals surface area contributed by atoms with Crippen molar-refractivity contribution in [2.75, 3.05) is 68.5 Å². The quantitative estimate of drug-likeness (QED) is 0.460. The Kier molecular flexibility index (Phi) is 10.6. The van der Waals surface area contributed by atoms with Crippen LogP contribution in [-0.2, 0) is 14.8 Å². The fourth-order valence-electron chi connectivity index (χ4n) is 4.20. The largest absolute Gasteiger partial charge is 0.490 e. The molecule has 0 unspecified atom stereocenters. The van der Waals surface area contributed by atoms with Crippen LogP contribution in [0.4, 0.5) is 24.5 Å². The van der Waals surface area contributed by atoms with Crippen LogP contribution in [0.5, 0.6) is 0 Å². The van der Waals surface area contributed by atoms with Crippen molar-refractivity contribution in [2.24, 2.45) is 0 Å². The van der Waals surface area contributed by atoms with Crippen LogP contribution < -0.4 is 14.9 Å². The van der Waals surface area contributed by atoms with Gasteiger partial charge in [-0.3, -0.25) is 9.52 Å². The topological polar surface area (TPSA) is 122 Å². The second-order valence-corrected chi connectivity index (χ2v) is 11.2. The predicted molar refractivity (Wildman–Crippen MR) is 145 cm³/mol. The second-order valence-electron chi connectivity index (χ2n) is 9.06. The van der Waals surface area contributed by atoms with E-state index >= 15 is 0 Å². The van der Waals surface area contributed by atoms with E-state index in [0.29, 0.717) is 29.4 Å². The number of benzene rings is 2. The Labute approximate surface area is 235 Å². The molecule has 2 aliphatic rings. The van der Waals surface area contributed by atoms with Gasteiger partial charge in [0.15, 0.2) is 0 Å². The van der Waals surface area contributed by atoms with Crippen molar-refractivity contribution >= 4 is 44.9 Å². The number of sulfonamides is 1. The molecular weight excluding hydrogens is 575 g/mol. The molecule has 10 nitrogen and oxygen atoms in total. The lowest BCUT2D eigenvalue weighted by atomic mass is 10.1. The monoisotopic (exact) mass is 605 g/mol. The van der Waals surface area contributed by atoms with Crippen molar-refractivity contribution in [3.05, 3.63) is 53.1 Å². The first-order chi connectivity index (χ1) is 18.8. The van der Waals surface area contributed by atoms with Gasteiger partial charge in [-0.05, 0) is 49.0 Å². The van der Waals surface area contributed by atoms with Gasteiger partial charge >= 0.3 is 12.1 Å². The summed E-state index contributed by atoms with van der Waals surface area (Å²) in [6.07, 6.45) is -5.08. The molecule has 2 aromatic rings. The van der Waals surface area contributed by atoms with Crippen LogP contribution in [0, 0.1) is 0 Å². The number of carboxylic acid groups (broad SMARTS) is 1. The molecule has 2 heterocycles. The van der Waals surface area contributed by atoms with E-state index in [0.717, 1.165) is 51.5 Å². The molecule has 0 aromatic heterocycles. The van der Waals surface area contributed by atoms with Gasteiger partial charge in [0.2, 0.25) is 0 Å². The zero-order valence-corrected chi connectivity index (χ0v) is 23.3. The average molecular weight is 606 g/mol. The summed E-state index contributed by atoms with van der Waals surface area (Å²) < 4.78 is 60.7. The highest BCUT2D eigenvalue weighted by atomic mass is 35.5. The maximum atomic E-state index is 13.2. The molecule has 15 heteroatoms. The molecule has 2 saturated heterocycles. The third-order valence-corrected chi connectivity index (χ3v) is 8.05. The summed E-state index contributed by atoms with van der Waals surface area (Å²) in [5.74, 6) is -2.84. The molecule has 0 atom stereocenters. The number of halogens is 4. The number of amides is 1. The van der Waals surface area contributed by atoms with Crippen LogP contribution >= 0.6 is 11.6 Å². The van der Waals surface area contributed by atoms with E-state index < -0.39 is 22.2 Å². The molecule has 1 amide bonds. The standard InChI is InChI=1S/C23H30ClN5O3S.C2HF3O2/c1-2-27-13-15-29(16-14-27)23(30)18-3-8-22(28-11-9-25-10-12-28)21(17-18)26-33(31,32)20-6-4-19(24)5-7-20;3-2(4,5)1(6)7/h3-8,17,25-26H,2,9-16H2,1H3;(H,6,7). The van der Waals surface area contributed by atoms with Crippen LogP contribution in [-0.4, -0.2) is 100 Å². The van der Waals surface area contributed by atoms with E-state index in [1.165, 1.54) is 12.1 Å². The normalized spacial score (nSPS) is 16.6. The summed E-state index contributed by atoms with van der Waals surface area (Å²) in [5.41, 5.74) is 1.65. The molecule has 220 valence electrons. The van der Waals surface area contributed by atoms with E-state index in [-0.39, 0.29) is 10.8 Å². The lowest BCUT2D eigenvalue weighted by molar-refractivity contribution is -0.192. The van der Waals surface area contributed by atoms with Crippen molar-refractivity contribution in [2.45, 2.75) is 18.0 Å². The van der Waals surface area contributed by atoms with E-state index in [9.17, 15) is 26.4 Å². The van der Waals surface area contributed by atoms with Gasteiger partial charge in [-0.2, -0.15) is 13.2 Å². The summed E-state index contributed by atoms with van der Waals surface area (Å²) in [6, 6.07) is 11.3. The van der Waals surface area contributed by atoms with Crippen LogP contribution in [0.1, 0.15) is 17.3 Å². The number of carbonyl (C=O) groups is 2. The summed E-state index contributed by atoms with van der Waals surface area (Å²) in [6.45, 7) is 9.23. The predicted octanol–water partition coefficient (Wildman–Crippen LogP) is 2.96. The number of hydrogen-bond acceptors (Lipinski definition) is 7. The van der Waals surface area contributed by atoms with Gasteiger partial charge in [0.1, 0.15) is 0 Å². The molecule has 0 radical (unpaired) electrons. The highest BCUT2D eigenvalue weighted by Crippen LogP contribution is 2.31. The number of piperazine rings is 2. The van der Waals surface area contributed by atoms with Gasteiger partial charge in [-0.15, -0.1) is 0 Å². The van der Waals surface area contributed by atoms with Crippen LogP contribution in [0.15, 0.2) is 47.4 Å². The Bertz CT molecular complexity index is 1280. The fraction of sp³-hybridized carbons (Fsp3) is 0.440. The van der Waals surface area contributed by atoms with Gasteiger partial charge in [0.05, 0.1) is 16.3 Å². The minimum absolute atomic E-state index is 0.0791. The lowest BCUT2D eigenvalue weighted by Gasteiger charge is -2.34. The van der Waals surface area contributed by atoms with Gasteiger partial charge in [-0.25, -0.2) is 13.2 Å². The summed E-state index contributed by atoms with van der Waals surface area (Å²) >= 11 is 5.92. The highest BCUT2D eigenvalue weighted by molar-refractivity contribution is 7.92. The third kappa shape index (κ3) is 8.46. The minimum Gasteiger partial charge on any atom is -0.475 e. The van der Waals surface area contributed by atoms with Crippen molar-refractivity contribution < 1.29 is 36.3 Å². The maximum Gasteiger partial charge on any atom is 0.490 e. The van der Waals surface area contributed by atoms with Gasteiger partial charge < -0.3 is 25.1 Å². The first kappa shape index (κ1) is 31.5. The average Bonchev–Trinajstić information content (AvgIpc) is 2.93.